The third kappa shape index (κ3) is 3.59. The van der Waals surface area contributed by atoms with E-state index in [2.05, 4.69) is 5.32 Å². The number of hydrogen-bond acceptors (Lipinski definition) is 3. The summed E-state index contributed by atoms with van der Waals surface area (Å²) in [5, 5.41) is 3.10. The van der Waals surface area contributed by atoms with Gasteiger partial charge in [-0.05, 0) is 31.9 Å². The van der Waals surface area contributed by atoms with E-state index in [1.807, 2.05) is 49.1 Å². The van der Waals surface area contributed by atoms with Crippen molar-refractivity contribution >= 4 is 11.8 Å². The highest BCUT2D eigenvalue weighted by molar-refractivity contribution is 5.82. The van der Waals surface area contributed by atoms with E-state index in [0.29, 0.717) is 13.1 Å². The topological polar surface area (TPSA) is 71.4 Å². The van der Waals surface area contributed by atoms with Gasteiger partial charge in [-0.3, -0.25) is 19.0 Å². The van der Waals surface area contributed by atoms with Gasteiger partial charge in [-0.25, -0.2) is 0 Å². The van der Waals surface area contributed by atoms with Gasteiger partial charge in [0.2, 0.25) is 11.8 Å². The summed E-state index contributed by atoms with van der Waals surface area (Å²) in [5.74, 6) is -0.138. The summed E-state index contributed by atoms with van der Waals surface area (Å²) in [6, 6.07) is 12.5. The van der Waals surface area contributed by atoms with Gasteiger partial charge in [0.25, 0.3) is 5.56 Å². The van der Waals surface area contributed by atoms with Crippen LogP contribution in [0.15, 0.2) is 47.3 Å². The molecule has 1 aromatic carbocycles. The molecule has 6 heteroatoms. The molecule has 2 bridgehead atoms. The number of carbonyl (C=O) groups is 2. The van der Waals surface area contributed by atoms with Crippen molar-refractivity contribution in [3.8, 4) is 0 Å². The molecule has 3 heterocycles. The Morgan fingerprint density at radius 1 is 1.10 bits per heavy atom. The zero-order valence-electron chi connectivity index (χ0n) is 17.1. The Morgan fingerprint density at radius 3 is 2.52 bits per heavy atom. The molecule has 4 atom stereocenters. The van der Waals surface area contributed by atoms with Gasteiger partial charge in [0.1, 0.15) is 6.04 Å². The summed E-state index contributed by atoms with van der Waals surface area (Å²) in [4.78, 5) is 39.9. The van der Waals surface area contributed by atoms with Crippen LogP contribution in [0.2, 0.25) is 0 Å². The number of aryl methyl sites for hydroxylation is 1. The molecular weight excluding hydrogens is 366 g/mol. The number of carbonyl (C=O) groups excluding carboxylic acids is 2. The van der Waals surface area contributed by atoms with Crippen LogP contribution < -0.4 is 10.9 Å². The number of amides is 2. The van der Waals surface area contributed by atoms with Crippen molar-refractivity contribution in [1.29, 1.82) is 0 Å². The van der Waals surface area contributed by atoms with Crippen LogP contribution in [0.4, 0.5) is 0 Å². The number of nitrogens with zero attached hydrogens (tertiary/aromatic N) is 2. The smallest absolute Gasteiger partial charge is 0.251 e. The van der Waals surface area contributed by atoms with Crippen LogP contribution in [-0.4, -0.2) is 34.4 Å². The first-order valence-corrected chi connectivity index (χ1v) is 10.2. The van der Waals surface area contributed by atoms with Crippen LogP contribution in [0.1, 0.15) is 55.1 Å². The van der Waals surface area contributed by atoms with Gasteiger partial charge in [-0.15, -0.1) is 0 Å². The largest absolute Gasteiger partial charge is 0.348 e. The summed E-state index contributed by atoms with van der Waals surface area (Å²) in [7, 11) is 0. The summed E-state index contributed by atoms with van der Waals surface area (Å²) >= 11 is 0. The van der Waals surface area contributed by atoms with Crippen molar-refractivity contribution in [3.63, 3.8) is 0 Å². The average molecular weight is 393 g/mol. The number of pyridine rings is 1. The molecule has 0 saturated carbocycles. The minimum atomic E-state index is -0.606. The lowest BCUT2D eigenvalue weighted by Crippen LogP contribution is -2.54. The average Bonchev–Trinajstić information content (AvgIpc) is 2.69. The van der Waals surface area contributed by atoms with E-state index in [9.17, 15) is 14.4 Å². The normalized spacial score (nSPS) is 23.8. The standard InChI is InChI=1S/C23H27N3O3/c1-14-7-9-17(10-8-14)15(2)24-23(29)22-19-11-18(12-25(13-19)16(3)27)20-5-4-6-21(28)26(20)22/h4-10,15,18-19,22H,11-13H2,1-3H3,(H,24,29)/t15-,18-,19+,22-/m1/s1. The molecular formula is C23H27N3O3. The Morgan fingerprint density at radius 2 is 1.83 bits per heavy atom. The quantitative estimate of drug-likeness (QED) is 0.871. The zero-order valence-corrected chi connectivity index (χ0v) is 17.1. The van der Waals surface area contributed by atoms with Gasteiger partial charge in [-0.2, -0.15) is 0 Å². The minimum absolute atomic E-state index is 0.0126. The summed E-state index contributed by atoms with van der Waals surface area (Å²) in [6.45, 7) is 6.64. The molecule has 2 aliphatic rings. The van der Waals surface area contributed by atoms with Crippen LogP contribution >= 0.6 is 0 Å². The minimum Gasteiger partial charge on any atom is -0.348 e. The lowest BCUT2D eigenvalue weighted by atomic mass is 9.78. The van der Waals surface area contributed by atoms with Crippen LogP contribution in [0.3, 0.4) is 0 Å². The Labute approximate surface area is 170 Å². The summed E-state index contributed by atoms with van der Waals surface area (Å²) < 4.78 is 1.66. The van der Waals surface area contributed by atoms with Crippen molar-refractivity contribution < 1.29 is 9.59 Å². The number of aromatic nitrogens is 1. The molecule has 1 aromatic heterocycles. The maximum Gasteiger partial charge on any atom is 0.251 e. The molecule has 2 aromatic rings. The molecule has 29 heavy (non-hydrogen) atoms. The Bertz CT molecular complexity index is 995. The third-order valence-electron chi connectivity index (χ3n) is 6.30. The van der Waals surface area contributed by atoms with E-state index in [4.69, 9.17) is 0 Å². The second-order valence-electron chi connectivity index (χ2n) is 8.36. The number of rotatable bonds is 3. The second-order valence-corrected chi connectivity index (χ2v) is 8.36. The molecule has 2 aliphatic heterocycles. The Balaban J connectivity index is 1.67. The summed E-state index contributed by atoms with van der Waals surface area (Å²) in [5.41, 5.74) is 2.88. The third-order valence-corrected chi connectivity index (χ3v) is 6.30. The second kappa shape index (κ2) is 7.50. The fraction of sp³-hybridized carbons (Fsp3) is 0.435. The lowest BCUT2D eigenvalue weighted by molar-refractivity contribution is -0.135. The summed E-state index contributed by atoms with van der Waals surface area (Å²) in [6.07, 6.45) is 0.810. The van der Waals surface area contributed by atoms with Crippen molar-refractivity contribution in [1.82, 2.24) is 14.8 Å². The number of hydrogen-bond donors (Lipinski definition) is 1. The van der Waals surface area contributed by atoms with Gasteiger partial charge in [-0.1, -0.05) is 35.9 Å². The van der Waals surface area contributed by atoms with E-state index in [-0.39, 0.29) is 35.3 Å². The first kappa shape index (κ1) is 19.4. The Hall–Kier alpha value is -2.89. The molecule has 1 fully saturated rings. The van der Waals surface area contributed by atoms with Gasteiger partial charge in [0.05, 0.1) is 6.04 Å². The van der Waals surface area contributed by atoms with Gasteiger partial charge >= 0.3 is 0 Å². The molecule has 0 spiro atoms. The molecule has 0 aliphatic carbocycles. The number of piperidine rings is 1. The van der Waals surface area contributed by atoms with E-state index in [0.717, 1.165) is 23.2 Å². The maximum atomic E-state index is 13.4. The molecule has 1 saturated heterocycles. The highest BCUT2D eigenvalue weighted by Gasteiger charge is 2.44. The number of likely N-dealkylation sites (tertiary alicyclic amines) is 1. The molecule has 6 nitrogen and oxygen atoms in total. The zero-order chi connectivity index (χ0) is 20.7. The monoisotopic (exact) mass is 393 g/mol. The first-order chi connectivity index (χ1) is 13.8. The van der Waals surface area contributed by atoms with Gasteiger partial charge < -0.3 is 10.2 Å². The van der Waals surface area contributed by atoms with E-state index < -0.39 is 6.04 Å². The highest BCUT2D eigenvalue weighted by atomic mass is 16.2. The van der Waals surface area contributed by atoms with Crippen LogP contribution in [0, 0.1) is 12.8 Å². The van der Waals surface area contributed by atoms with Crippen molar-refractivity contribution in [2.45, 2.75) is 45.2 Å². The Kier molecular flexibility index (Phi) is 5.03. The lowest BCUT2D eigenvalue weighted by Gasteiger charge is -2.46. The predicted octanol–water partition coefficient (Wildman–Crippen LogP) is 2.54. The molecule has 2 amide bonds. The molecule has 152 valence electrons. The highest BCUT2D eigenvalue weighted by Crippen LogP contribution is 2.41. The van der Waals surface area contributed by atoms with Crippen molar-refractivity contribution in [3.05, 3.63) is 69.6 Å². The van der Waals surface area contributed by atoms with Crippen LogP contribution in [-0.2, 0) is 9.59 Å². The molecule has 1 N–H and O–H groups in total. The number of nitrogens with one attached hydrogen (secondary N) is 1. The van der Waals surface area contributed by atoms with E-state index >= 15 is 0 Å². The molecule has 4 rings (SSSR count). The maximum absolute atomic E-state index is 13.4. The fourth-order valence-corrected chi connectivity index (χ4v) is 4.76. The van der Waals surface area contributed by atoms with Crippen molar-refractivity contribution in [2.75, 3.05) is 13.1 Å². The van der Waals surface area contributed by atoms with E-state index in [1.54, 1.807) is 17.6 Å². The molecule has 0 unspecified atom stereocenters. The number of benzene rings is 1. The van der Waals surface area contributed by atoms with Crippen LogP contribution in [0.5, 0.6) is 0 Å². The number of fused-ring (bicyclic) bond motifs is 4. The first-order valence-electron chi connectivity index (χ1n) is 10.2. The molecule has 0 radical (unpaired) electrons. The van der Waals surface area contributed by atoms with Crippen molar-refractivity contribution in [2.24, 2.45) is 5.92 Å². The van der Waals surface area contributed by atoms with Gasteiger partial charge in [0, 0.05) is 43.6 Å². The SMILES string of the molecule is CC(=O)N1C[C@H]2C[C@@H](C1)[C@H](C(=O)N[C@H](C)c1ccc(C)cc1)n1c2cccc1=O. The fourth-order valence-electron chi connectivity index (χ4n) is 4.76. The van der Waals surface area contributed by atoms with E-state index in [1.165, 1.54) is 6.07 Å². The predicted molar refractivity (Wildman–Crippen MR) is 111 cm³/mol. The van der Waals surface area contributed by atoms with Crippen LogP contribution in [0.25, 0.3) is 0 Å². The van der Waals surface area contributed by atoms with Gasteiger partial charge in [0.15, 0.2) is 0 Å².